The Morgan fingerprint density at radius 1 is 1.02 bits per heavy atom. The van der Waals surface area contributed by atoms with Gasteiger partial charge in [0, 0.05) is 25.9 Å². The number of aliphatic hydroxyl groups is 2. The summed E-state index contributed by atoms with van der Waals surface area (Å²) in [4.78, 5) is 42.2. The second kappa shape index (κ2) is 17.0. The number of ether oxygens (including phenoxy) is 3. The second-order valence-corrected chi connectivity index (χ2v) is 13.9. The van der Waals surface area contributed by atoms with Crippen molar-refractivity contribution in [3.63, 3.8) is 0 Å². The number of nitrogens with zero attached hydrogens (tertiary/aromatic N) is 2. The number of aliphatic hydroxyl groups excluding tert-OH is 2. The molecule has 3 aromatic carbocycles. The Kier molecular flexibility index (Phi) is 12.5. The quantitative estimate of drug-likeness (QED) is 0.230. The molecular formula is C39H49N3O8. The van der Waals surface area contributed by atoms with E-state index in [-0.39, 0.29) is 37.8 Å². The van der Waals surface area contributed by atoms with Gasteiger partial charge in [0.15, 0.2) is 0 Å². The Morgan fingerprint density at radius 3 is 2.46 bits per heavy atom. The van der Waals surface area contributed by atoms with Gasteiger partial charge in [-0.25, -0.2) is 4.79 Å². The number of carbonyl (C=O) groups excluding carboxylic acids is 3. The molecule has 11 nitrogen and oxygen atoms in total. The van der Waals surface area contributed by atoms with E-state index >= 15 is 0 Å². The standard InChI is InChI=1S/C39H49N3O8/c1-39(2,3)50-38(47)40-32(23-27-9-5-4-6-10-27)33(43)17-18-35(45)42(37-31-12-8-7-11-29(31)24-34(37)44)25-28-13-15-30(16-14-28)49-22-20-41-19-21-48-26-36(41)46/h4-16,32-34,37,43-44H,17-26H2,1-3H3,(H,40,47)/t32-,33-,34+,37-/m0/s1. The van der Waals surface area contributed by atoms with Gasteiger partial charge in [0.1, 0.15) is 24.6 Å². The van der Waals surface area contributed by atoms with Crippen LogP contribution in [-0.2, 0) is 38.4 Å². The van der Waals surface area contributed by atoms with Crippen LogP contribution in [0.4, 0.5) is 4.79 Å². The molecule has 0 aromatic heterocycles. The highest BCUT2D eigenvalue weighted by Crippen LogP contribution is 2.37. The highest BCUT2D eigenvalue weighted by Gasteiger charge is 2.38. The summed E-state index contributed by atoms with van der Waals surface area (Å²) >= 11 is 0. The van der Waals surface area contributed by atoms with E-state index in [1.165, 1.54) is 0 Å². The monoisotopic (exact) mass is 687 g/mol. The van der Waals surface area contributed by atoms with E-state index in [0.29, 0.717) is 44.9 Å². The number of morpholine rings is 1. The molecule has 4 atom stereocenters. The molecule has 0 bridgehead atoms. The van der Waals surface area contributed by atoms with Crippen molar-refractivity contribution in [3.05, 3.63) is 101 Å². The first-order valence-electron chi connectivity index (χ1n) is 17.3. The molecule has 3 amide bonds. The van der Waals surface area contributed by atoms with Crippen LogP contribution in [0.2, 0.25) is 0 Å². The van der Waals surface area contributed by atoms with Crippen LogP contribution in [0.25, 0.3) is 0 Å². The number of nitrogens with one attached hydrogen (secondary N) is 1. The Labute approximate surface area is 294 Å². The molecule has 0 spiro atoms. The topological polar surface area (TPSA) is 138 Å². The van der Waals surface area contributed by atoms with Gasteiger partial charge in [0.25, 0.3) is 0 Å². The molecule has 1 heterocycles. The third kappa shape index (κ3) is 10.3. The third-order valence-electron chi connectivity index (χ3n) is 8.93. The van der Waals surface area contributed by atoms with Crippen molar-refractivity contribution in [1.29, 1.82) is 0 Å². The minimum absolute atomic E-state index is 0.00467. The molecule has 1 saturated heterocycles. The summed E-state index contributed by atoms with van der Waals surface area (Å²) in [7, 11) is 0. The van der Waals surface area contributed by atoms with E-state index in [1.54, 1.807) is 30.6 Å². The first kappa shape index (κ1) is 36.8. The van der Waals surface area contributed by atoms with Gasteiger partial charge in [-0.05, 0) is 68.0 Å². The van der Waals surface area contributed by atoms with Crippen molar-refractivity contribution in [2.75, 3.05) is 32.9 Å². The van der Waals surface area contributed by atoms with Crippen molar-refractivity contribution in [1.82, 2.24) is 15.1 Å². The van der Waals surface area contributed by atoms with Gasteiger partial charge >= 0.3 is 6.09 Å². The van der Waals surface area contributed by atoms with Gasteiger partial charge in [0.05, 0.1) is 37.4 Å². The van der Waals surface area contributed by atoms with Gasteiger partial charge < -0.3 is 39.5 Å². The second-order valence-electron chi connectivity index (χ2n) is 13.9. The Bertz CT molecular complexity index is 1580. The van der Waals surface area contributed by atoms with E-state index in [1.807, 2.05) is 78.9 Å². The van der Waals surface area contributed by atoms with Crippen molar-refractivity contribution in [2.45, 2.75) is 82.9 Å². The number of hydrogen-bond acceptors (Lipinski definition) is 8. The first-order valence-corrected chi connectivity index (χ1v) is 17.3. The van der Waals surface area contributed by atoms with Crippen molar-refractivity contribution >= 4 is 17.9 Å². The summed E-state index contributed by atoms with van der Waals surface area (Å²) in [5.41, 5.74) is 2.96. The molecule has 0 radical (unpaired) electrons. The first-order chi connectivity index (χ1) is 24.0. The maximum Gasteiger partial charge on any atom is 0.407 e. The molecule has 0 unspecified atom stereocenters. The molecule has 1 aliphatic heterocycles. The maximum atomic E-state index is 14.1. The van der Waals surface area contributed by atoms with E-state index in [9.17, 15) is 24.6 Å². The number of benzene rings is 3. The van der Waals surface area contributed by atoms with Crippen LogP contribution in [0, 0.1) is 0 Å². The van der Waals surface area contributed by atoms with Gasteiger partial charge in [-0.15, -0.1) is 0 Å². The summed E-state index contributed by atoms with van der Waals surface area (Å²) in [6.07, 6.45) is -1.60. The van der Waals surface area contributed by atoms with Gasteiger partial charge in [0.2, 0.25) is 11.8 Å². The molecule has 3 aromatic rings. The Balaban J connectivity index is 1.27. The predicted octanol–water partition coefficient (Wildman–Crippen LogP) is 4.19. The van der Waals surface area contributed by atoms with E-state index < -0.39 is 36.0 Å². The van der Waals surface area contributed by atoms with Gasteiger partial charge in [-0.2, -0.15) is 0 Å². The summed E-state index contributed by atoms with van der Waals surface area (Å²) in [6.45, 7) is 7.53. The number of carbonyl (C=O) groups is 3. The molecule has 0 saturated carbocycles. The largest absolute Gasteiger partial charge is 0.492 e. The van der Waals surface area contributed by atoms with Crippen molar-refractivity contribution in [3.8, 4) is 5.75 Å². The third-order valence-corrected chi connectivity index (χ3v) is 8.93. The summed E-state index contributed by atoms with van der Waals surface area (Å²) in [6, 6.07) is 23.5. The highest BCUT2D eigenvalue weighted by molar-refractivity contribution is 5.78. The smallest absolute Gasteiger partial charge is 0.407 e. The van der Waals surface area contributed by atoms with Crippen LogP contribution in [0.3, 0.4) is 0 Å². The molecule has 11 heteroatoms. The fourth-order valence-electron chi connectivity index (χ4n) is 6.44. The average Bonchev–Trinajstić information content (AvgIpc) is 3.42. The van der Waals surface area contributed by atoms with Gasteiger partial charge in [-0.1, -0.05) is 66.7 Å². The van der Waals surface area contributed by atoms with Crippen molar-refractivity contribution < 1.29 is 38.8 Å². The predicted molar refractivity (Wildman–Crippen MR) is 187 cm³/mol. The van der Waals surface area contributed by atoms with Crippen molar-refractivity contribution in [2.24, 2.45) is 0 Å². The number of fused-ring (bicyclic) bond motifs is 1. The molecule has 50 heavy (non-hydrogen) atoms. The fourth-order valence-corrected chi connectivity index (χ4v) is 6.44. The zero-order chi connectivity index (χ0) is 35.7. The van der Waals surface area contributed by atoms with E-state index in [0.717, 1.165) is 22.3 Å². The normalized spacial score (nSPS) is 18.6. The number of rotatable bonds is 14. The molecular weight excluding hydrogens is 638 g/mol. The molecule has 3 N–H and O–H groups in total. The molecule has 268 valence electrons. The van der Waals surface area contributed by atoms with E-state index in [2.05, 4.69) is 5.32 Å². The molecule has 2 aliphatic rings. The molecule has 1 aliphatic carbocycles. The average molecular weight is 688 g/mol. The Morgan fingerprint density at radius 2 is 1.74 bits per heavy atom. The maximum absolute atomic E-state index is 14.1. The van der Waals surface area contributed by atoms with Crippen LogP contribution in [-0.4, -0.2) is 94.7 Å². The number of alkyl carbamates (subject to hydrolysis) is 1. The number of hydrogen-bond donors (Lipinski definition) is 3. The van der Waals surface area contributed by atoms with Crippen LogP contribution in [0.15, 0.2) is 78.9 Å². The van der Waals surface area contributed by atoms with E-state index in [4.69, 9.17) is 14.2 Å². The zero-order valence-electron chi connectivity index (χ0n) is 29.1. The summed E-state index contributed by atoms with van der Waals surface area (Å²) < 4.78 is 16.5. The Hall–Kier alpha value is -4.45. The summed E-state index contributed by atoms with van der Waals surface area (Å²) in [5.74, 6) is 0.369. The van der Waals surface area contributed by atoms with Crippen LogP contribution >= 0.6 is 0 Å². The lowest BCUT2D eigenvalue weighted by atomic mass is 9.97. The zero-order valence-corrected chi connectivity index (χ0v) is 29.1. The summed E-state index contributed by atoms with van der Waals surface area (Å²) in [5, 5.41) is 25.4. The fraction of sp³-hybridized carbons (Fsp3) is 0.462. The highest BCUT2D eigenvalue weighted by atomic mass is 16.6. The molecule has 5 rings (SSSR count). The number of amides is 3. The lowest BCUT2D eigenvalue weighted by Gasteiger charge is -2.33. The van der Waals surface area contributed by atoms with Crippen LogP contribution in [0.1, 0.15) is 61.9 Å². The lowest BCUT2D eigenvalue weighted by Crippen LogP contribution is -2.47. The van der Waals surface area contributed by atoms with Crippen LogP contribution < -0.4 is 10.1 Å². The van der Waals surface area contributed by atoms with Crippen LogP contribution in [0.5, 0.6) is 5.75 Å². The minimum atomic E-state index is -1.04. The SMILES string of the molecule is CC(C)(C)OC(=O)N[C@@H](Cc1ccccc1)[C@@H](O)CCC(=O)N(Cc1ccc(OCCN2CCOCC2=O)cc1)[C@H]1c2ccccc2C[C@H]1O. The molecule has 1 fully saturated rings. The minimum Gasteiger partial charge on any atom is -0.492 e. The van der Waals surface area contributed by atoms with Gasteiger partial charge in [-0.3, -0.25) is 9.59 Å². The lowest BCUT2D eigenvalue weighted by molar-refractivity contribution is -0.143.